The van der Waals surface area contributed by atoms with Crippen LogP contribution in [0.25, 0.3) is 0 Å². The van der Waals surface area contributed by atoms with Crippen LogP contribution in [0.5, 0.6) is 0 Å². The number of ether oxygens (including phenoxy) is 2. The molecule has 0 aromatic carbocycles. The molecule has 1 saturated heterocycles. The Morgan fingerprint density at radius 2 is 1.94 bits per heavy atom. The fourth-order valence-electron chi connectivity index (χ4n) is 2.75. The molecule has 2 fully saturated rings. The lowest BCUT2D eigenvalue weighted by molar-refractivity contribution is -0.145. The van der Waals surface area contributed by atoms with E-state index >= 15 is 0 Å². The van der Waals surface area contributed by atoms with Crippen molar-refractivity contribution >= 4 is 12.1 Å². The highest BCUT2D eigenvalue weighted by Crippen LogP contribution is 2.50. The van der Waals surface area contributed by atoms with Crippen LogP contribution in [-0.4, -0.2) is 42.8 Å². The number of rotatable bonds is 3. The van der Waals surface area contributed by atoms with Gasteiger partial charge in [0.15, 0.2) is 0 Å². The molecule has 0 spiro atoms. The molecule has 5 heteroatoms. The Hall–Kier alpha value is -1.26. The number of piperidine rings is 1. The summed E-state index contributed by atoms with van der Waals surface area (Å²) in [5, 5.41) is 0. The van der Waals surface area contributed by atoms with E-state index in [1.807, 2.05) is 0 Å². The van der Waals surface area contributed by atoms with Gasteiger partial charge >= 0.3 is 12.1 Å². The van der Waals surface area contributed by atoms with Crippen molar-refractivity contribution in [1.82, 2.24) is 4.90 Å². The van der Waals surface area contributed by atoms with Crippen LogP contribution >= 0.6 is 0 Å². The van der Waals surface area contributed by atoms with Crippen LogP contribution in [-0.2, 0) is 14.3 Å². The molecule has 3 unspecified atom stereocenters. The van der Waals surface area contributed by atoms with Crippen LogP contribution < -0.4 is 0 Å². The van der Waals surface area contributed by atoms with E-state index in [4.69, 9.17) is 9.47 Å². The molecule has 0 aromatic rings. The van der Waals surface area contributed by atoms with Crippen molar-refractivity contribution in [1.29, 1.82) is 0 Å². The van der Waals surface area contributed by atoms with Crippen molar-refractivity contribution in [3.05, 3.63) is 0 Å². The molecular formula is C12H19NO4. The third kappa shape index (κ3) is 2.23. The molecule has 1 heterocycles. The fourth-order valence-corrected chi connectivity index (χ4v) is 2.75. The zero-order valence-corrected chi connectivity index (χ0v) is 10.3. The van der Waals surface area contributed by atoms with Gasteiger partial charge in [-0.05, 0) is 32.6 Å². The average Bonchev–Trinajstić information content (AvgIpc) is 3.03. The predicted octanol–water partition coefficient (Wildman–Crippen LogP) is 1.42. The van der Waals surface area contributed by atoms with E-state index in [0.717, 1.165) is 12.8 Å². The van der Waals surface area contributed by atoms with Gasteiger partial charge in [0.05, 0.1) is 25.2 Å². The average molecular weight is 241 g/mol. The predicted molar refractivity (Wildman–Crippen MR) is 60.4 cm³/mol. The SMILES string of the molecule is CCOC(=O)C1C2CCCN(C(=O)OCC)C21. The maximum absolute atomic E-state index is 11.7. The van der Waals surface area contributed by atoms with E-state index in [2.05, 4.69) is 0 Å². The molecule has 17 heavy (non-hydrogen) atoms. The molecule has 1 amide bonds. The normalized spacial score (nSPS) is 30.5. The first-order chi connectivity index (χ1) is 8.20. The van der Waals surface area contributed by atoms with Crippen LogP contribution in [0, 0.1) is 11.8 Å². The van der Waals surface area contributed by atoms with Gasteiger partial charge in [0.2, 0.25) is 0 Å². The van der Waals surface area contributed by atoms with Gasteiger partial charge in [-0.1, -0.05) is 0 Å². The molecule has 3 atom stereocenters. The second-order valence-corrected chi connectivity index (χ2v) is 4.47. The molecule has 1 aliphatic carbocycles. The van der Waals surface area contributed by atoms with E-state index in [1.54, 1.807) is 18.7 Å². The van der Waals surface area contributed by atoms with E-state index in [1.165, 1.54) is 0 Å². The molecule has 1 saturated carbocycles. The van der Waals surface area contributed by atoms with Crippen LogP contribution in [0.1, 0.15) is 26.7 Å². The monoisotopic (exact) mass is 241 g/mol. The largest absolute Gasteiger partial charge is 0.466 e. The van der Waals surface area contributed by atoms with Gasteiger partial charge in [-0.25, -0.2) is 4.79 Å². The highest BCUT2D eigenvalue weighted by Gasteiger charge is 2.61. The van der Waals surface area contributed by atoms with Gasteiger partial charge < -0.3 is 14.4 Å². The van der Waals surface area contributed by atoms with Crippen molar-refractivity contribution in [2.45, 2.75) is 32.7 Å². The summed E-state index contributed by atoms with van der Waals surface area (Å²) in [4.78, 5) is 25.1. The van der Waals surface area contributed by atoms with E-state index in [-0.39, 0.29) is 29.9 Å². The van der Waals surface area contributed by atoms with Crippen LogP contribution in [0.4, 0.5) is 4.79 Å². The van der Waals surface area contributed by atoms with Crippen LogP contribution in [0.15, 0.2) is 0 Å². The Kier molecular flexibility index (Phi) is 3.54. The Labute approximate surface area is 101 Å². The van der Waals surface area contributed by atoms with Gasteiger partial charge in [-0.3, -0.25) is 4.79 Å². The summed E-state index contributed by atoms with van der Waals surface area (Å²) in [6.07, 6.45) is 1.65. The van der Waals surface area contributed by atoms with Gasteiger partial charge in [0.25, 0.3) is 0 Å². The summed E-state index contributed by atoms with van der Waals surface area (Å²) in [7, 11) is 0. The third-order valence-corrected chi connectivity index (χ3v) is 3.48. The summed E-state index contributed by atoms with van der Waals surface area (Å²) < 4.78 is 10.0. The fraction of sp³-hybridized carbons (Fsp3) is 0.833. The molecule has 1 aliphatic heterocycles. The van der Waals surface area contributed by atoms with Crippen molar-refractivity contribution in [3.8, 4) is 0 Å². The number of hydrogen-bond acceptors (Lipinski definition) is 4. The number of likely N-dealkylation sites (tertiary alicyclic amines) is 1. The Morgan fingerprint density at radius 3 is 2.59 bits per heavy atom. The Balaban J connectivity index is 1.98. The Bertz CT molecular complexity index is 318. The number of fused-ring (bicyclic) bond motifs is 1. The van der Waals surface area contributed by atoms with E-state index in [9.17, 15) is 9.59 Å². The first kappa shape index (κ1) is 12.2. The first-order valence-electron chi connectivity index (χ1n) is 6.30. The standard InChI is InChI=1S/C12H19NO4/c1-3-16-11(14)9-8-6-5-7-13(10(8)9)12(15)17-4-2/h8-10H,3-7H2,1-2H3. The minimum absolute atomic E-state index is 0.0156. The molecular weight excluding hydrogens is 222 g/mol. The van der Waals surface area contributed by atoms with E-state index < -0.39 is 0 Å². The van der Waals surface area contributed by atoms with Gasteiger partial charge in [-0.15, -0.1) is 0 Å². The van der Waals surface area contributed by atoms with Gasteiger partial charge in [-0.2, -0.15) is 0 Å². The van der Waals surface area contributed by atoms with Crippen molar-refractivity contribution in [3.63, 3.8) is 0 Å². The number of esters is 1. The number of nitrogens with zero attached hydrogens (tertiary/aromatic N) is 1. The van der Waals surface area contributed by atoms with Crippen molar-refractivity contribution in [2.24, 2.45) is 11.8 Å². The molecule has 0 bridgehead atoms. The number of hydrogen-bond donors (Lipinski definition) is 0. The molecule has 0 radical (unpaired) electrons. The smallest absolute Gasteiger partial charge is 0.410 e. The second-order valence-electron chi connectivity index (χ2n) is 4.47. The lowest BCUT2D eigenvalue weighted by atomic mass is 10.1. The Morgan fingerprint density at radius 1 is 1.24 bits per heavy atom. The molecule has 0 N–H and O–H groups in total. The maximum Gasteiger partial charge on any atom is 0.410 e. The number of carbonyl (C=O) groups is 2. The topological polar surface area (TPSA) is 55.8 Å². The first-order valence-corrected chi connectivity index (χ1v) is 6.30. The minimum Gasteiger partial charge on any atom is -0.466 e. The van der Waals surface area contributed by atoms with E-state index in [0.29, 0.717) is 19.8 Å². The molecule has 0 aromatic heterocycles. The van der Waals surface area contributed by atoms with Gasteiger partial charge in [0, 0.05) is 6.54 Å². The third-order valence-electron chi connectivity index (χ3n) is 3.48. The van der Waals surface area contributed by atoms with Gasteiger partial charge in [0.1, 0.15) is 0 Å². The second kappa shape index (κ2) is 4.94. The zero-order chi connectivity index (χ0) is 12.4. The number of amides is 1. The zero-order valence-electron chi connectivity index (χ0n) is 10.3. The molecule has 96 valence electrons. The minimum atomic E-state index is -0.297. The van der Waals surface area contributed by atoms with Crippen molar-refractivity contribution in [2.75, 3.05) is 19.8 Å². The van der Waals surface area contributed by atoms with Crippen LogP contribution in [0.2, 0.25) is 0 Å². The highest BCUT2D eigenvalue weighted by atomic mass is 16.6. The lowest BCUT2D eigenvalue weighted by Gasteiger charge is -2.25. The summed E-state index contributed by atoms with van der Waals surface area (Å²) >= 11 is 0. The van der Waals surface area contributed by atoms with Crippen LogP contribution in [0.3, 0.4) is 0 Å². The molecule has 5 nitrogen and oxygen atoms in total. The summed E-state index contributed by atoms with van der Waals surface area (Å²) in [5.41, 5.74) is 0. The van der Waals surface area contributed by atoms with Crippen molar-refractivity contribution < 1.29 is 19.1 Å². The summed E-state index contributed by atoms with van der Waals surface area (Å²) in [6.45, 7) is 5.04. The summed E-state index contributed by atoms with van der Waals surface area (Å²) in [5.74, 6) is -0.00670. The summed E-state index contributed by atoms with van der Waals surface area (Å²) in [6, 6.07) is 0.0156. The molecule has 2 rings (SSSR count). The molecule has 2 aliphatic rings. The highest BCUT2D eigenvalue weighted by molar-refractivity contribution is 5.80. The quantitative estimate of drug-likeness (QED) is 0.701. The maximum atomic E-state index is 11.7. The number of carbonyl (C=O) groups excluding carboxylic acids is 2. The lowest BCUT2D eigenvalue weighted by Crippen LogP contribution is -2.38.